The molecule has 1 atom stereocenters. The van der Waals surface area contributed by atoms with E-state index in [1.165, 1.54) is 35.0 Å². The number of amides is 1. The second kappa shape index (κ2) is 7.55. The third kappa shape index (κ3) is 3.78. The average Bonchev–Trinajstić information content (AvgIpc) is 3.14. The number of carbonyl (C=O) groups is 1. The Morgan fingerprint density at radius 1 is 1.38 bits per heavy atom. The van der Waals surface area contributed by atoms with Gasteiger partial charge in [0, 0.05) is 25.8 Å². The van der Waals surface area contributed by atoms with Gasteiger partial charge in [-0.1, -0.05) is 12.1 Å². The molecule has 3 rings (SSSR count). The van der Waals surface area contributed by atoms with Crippen molar-refractivity contribution >= 4 is 21.6 Å². The molecule has 1 fully saturated rings. The number of piperidine rings is 1. The number of rotatable bonds is 5. The van der Waals surface area contributed by atoms with Crippen molar-refractivity contribution in [2.24, 2.45) is 5.92 Å². The monoisotopic (exact) mass is 380 g/mol. The molecule has 1 amide bonds. The molecule has 9 heteroatoms. The minimum Gasteiger partial charge on any atom is -0.336 e. The third-order valence-electron chi connectivity index (χ3n) is 4.47. The van der Waals surface area contributed by atoms with Gasteiger partial charge < -0.3 is 9.88 Å². The maximum Gasteiger partial charge on any atom is 0.262 e. The van der Waals surface area contributed by atoms with Crippen LogP contribution in [0.3, 0.4) is 0 Å². The smallest absolute Gasteiger partial charge is 0.262 e. The number of nitrogens with zero attached hydrogens (tertiary/aromatic N) is 3. The van der Waals surface area contributed by atoms with Crippen molar-refractivity contribution in [3.8, 4) is 0 Å². The summed E-state index contributed by atoms with van der Waals surface area (Å²) in [5.74, 6) is -1.44. The topological polar surface area (TPSA) is 84.3 Å². The number of benzene rings is 1. The Hall–Kier alpha value is -2.26. The van der Waals surface area contributed by atoms with E-state index in [0.717, 1.165) is 0 Å². The minimum absolute atomic E-state index is 0.0190. The van der Waals surface area contributed by atoms with E-state index >= 15 is 0 Å². The van der Waals surface area contributed by atoms with Gasteiger partial charge >= 0.3 is 0 Å². The highest BCUT2D eigenvalue weighted by atomic mass is 32.2. The van der Waals surface area contributed by atoms with Gasteiger partial charge in [0.1, 0.15) is 5.82 Å². The zero-order chi connectivity index (χ0) is 18.7. The van der Waals surface area contributed by atoms with Crippen LogP contribution < -0.4 is 5.32 Å². The van der Waals surface area contributed by atoms with Gasteiger partial charge in [0.2, 0.25) is 5.91 Å². The fraction of sp³-hybridized carbons (Fsp3) is 0.412. The summed E-state index contributed by atoms with van der Waals surface area (Å²) >= 11 is 0. The number of imidazole rings is 1. The highest BCUT2D eigenvalue weighted by Gasteiger charge is 2.34. The van der Waals surface area contributed by atoms with Crippen LogP contribution in [0.1, 0.15) is 19.8 Å². The van der Waals surface area contributed by atoms with Crippen molar-refractivity contribution in [3.05, 3.63) is 42.6 Å². The van der Waals surface area contributed by atoms with Gasteiger partial charge in [-0.2, -0.15) is 4.31 Å². The number of aryl methyl sites for hydroxylation is 1. The van der Waals surface area contributed by atoms with E-state index in [4.69, 9.17) is 0 Å². The lowest BCUT2D eigenvalue weighted by Gasteiger charge is -2.30. The van der Waals surface area contributed by atoms with E-state index in [9.17, 15) is 17.6 Å². The van der Waals surface area contributed by atoms with Crippen molar-refractivity contribution in [2.75, 3.05) is 18.4 Å². The first-order valence-corrected chi connectivity index (χ1v) is 9.93. The van der Waals surface area contributed by atoms with Crippen LogP contribution in [0.25, 0.3) is 0 Å². The molecule has 1 aliphatic rings. The summed E-state index contributed by atoms with van der Waals surface area (Å²) in [6.07, 6.45) is 4.07. The van der Waals surface area contributed by atoms with Gasteiger partial charge in [-0.3, -0.25) is 4.79 Å². The molecule has 7 nitrogen and oxygen atoms in total. The number of para-hydroxylation sites is 1. The number of sulfonamides is 1. The van der Waals surface area contributed by atoms with Crippen LogP contribution >= 0.6 is 0 Å². The summed E-state index contributed by atoms with van der Waals surface area (Å²) in [5.41, 5.74) is 0.0965. The van der Waals surface area contributed by atoms with Crippen molar-refractivity contribution in [1.82, 2.24) is 13.9 Å². The number of halogens is 1. The van der Waals surface area contributed by atoms with Gasteiger partial charge in [0.05, 0.1) is 17.9 Å². The Labute approximate surface area is 151 Å². The number of nitrogens with one attached hydrogen (secondary N) is 1. The van der Waals surface area contributed by atoms with E-state index in [2.05, 4.69) is 10.3 Å². The quantitative estimate of drug-likeness (QED) is 0.861. The van der Waals surface area contributed by atoms with E-state index in [1.807, 2.05) is 6.92 Å². The Kier molecular flexibility index (Phi) is 5.38. The van der Waals surface area contributed by atoms with E-state index < -0.39 is 21.8 Å². The molecular formula is C17H21FN4O3S. The van der Waals surface area contributed by atoms with E-state index in [-0.39, 0.29) is 23.2 Å². The molecule has 1 N–H and O–H groups in total. The van der Waals surface area contributed by atoms with Gasteiger partial charge in [-0.15, -0.1) is 0 Å². The van der Waals surface area contributed by atoms with Crippen molar-refractivity contribution < 1.29 is 17.6 Å². The van der Waals surface area contributed by atoms with Crippen LogP contribution in [0.5, 0.6) is 0 Å². The van der Waals surface area contributed by atoms with Gasteiger partial charge in [0.15, 0.2) is 5.03 Å². The van der Waals surface area contributed by atoms with E-state index in [0.29, 0.717) is 25.9 Å². The summed E-state index contributed by atoms with van der Waals surface area (Å²) in [5, 5.41) is 2.53. The number of carbonyl (C=O) groups excluding carboxylic acids is 1. The summed E-state index contributed by atoms with van der Waals surface area (Å²) in [4.78, 5) is 16.4. The standard InChI is InChI=1S/C17H21FN4O3S/c1-2-21-11-16(19-12-21)26(24,25)22-9-5-6-13(10-22)17(23)20-15-8-4-3-7-14(15)18/h3-4,7-8,11-13H,2,5-6,9-10H2,1H3,(H,20,23)/t13-/m1/s1. The summed E-state index contributed by atoms with van der Waals surface area (Å²) in [6, 6.07) is 5.90. The fourth-order valence-corrected chi connectivity index (χ4v) is 4.41. The average molecular weight is 380 g/mol. The minimum atomic E-state index is -3.75. The normalized spacial score (nSPS) is 18.6. The molecule has 0 unspecified atom stereocenters. The highest BCUT2D eigenvalue weighted by molar-refractivity contribution is 7.89. The summed E-state index contributed by atoms with van der Waals surface area (Å²) in [6.45, 7) is 2.91. The molecule has 0 spiro atoms. The largest absolute Gasteiger partial charge is 0.336 e. The second-order valence-corrected chi connectivity index (χ2v) is 8.10. The van der Waals surface area contributed by atoms with E-state index in [1.54, 1.807) is 10.6 Å². The van der Waals surface area contributed by atoms with Crippen LogP contribution in [-0.4, -0.2) is 41.3 Å². The molecule has 140 valence electrons. The number of hydrogen-bond acceptors (Lipinski definition) is 4. The Bertz CT molecular complexity index is 897. The maximum absolute atomic E-state index is 13.7. The molecule has 0 aliphatic carbocycles. The van der Waals surface area contributed by atoms with Crippen LogP contribution in [0.4, 0.5) is 10.1 Å². The zero-order valence-electron chi connectivity index (χ0n) is 14.4. The lowest BCUT2D eigenvalue weighted by atomic mass is 9.98. The molecule has 1 aliphatic heterocycles. The second-order valence-electron chi connectivity index (χ2n) is 6.21. The molecular weight excluding hydrogens is 359 g/mol. The maximum atomic E-state index is 13.7. The number of anilines is 1. The van der Waals surface area contributed by atoms with Crippen LogP contribution in [0, 0.1) is 11.7 Å². The first-order valence-electron chi connectivity index (χ1n) is 8.49. The Balaban J connectivity index is 1.72. The SMILES string of the molecule is CCn1cnc(S(=O)(=O)N2CCC[C@@H](C(=O)Nc3ccccc3F)C2)c1. The molecule has 0 saturated carbocycles. The Morgan fingerprint density at radius 2 is 2.15 bits per heavy atom. The molecule has 1 saturated heterocycles. The summed E-state index contributed by atoms with van der Waals surface area (Å²) < 4.78 is 42.2. The lowest BCUT2D eigenvalue weighted by Crippen LogP contribution is -2.43. The lowest BCUT2D eigenvalue weighted by molar-refractivity contribution is -0.120. The predicted molar refractivity (Wildman–Crippen MR) is 94.4 cm³/mol. The van der Waals surface area contributed by atoms with Crippen LogP contribution in [0.2, 0.25) is 0 Å². The first-order chi connectivity index (χ1) is 12.4. The summed E-state index contributed by atoms with van der Waals surface area (Å²) in [7, 11) is -3.75. The van der Waals surface area contributed by atoms with Crippen LogP contribution in [0.15, 0.2) is 41.8 Å². The molecule has 2 aromatic rings. The predicted octanol–water partition coefficient (Wildman–Crippen LogP) is 2.08. The fourth-order valence-electron chi connectivity index (χ4n) is 2.95. The highest BCUT2D eigenvalue weighted by Crippen LogP contribution is 2.24. The van der Waals surface area contributed by atoms with Gasteiger partial charge in [-0.25, -0.2) is 17.8 Å². The zero-order valence-corrected chi connectivity index (χ0v) is 15.2. The molecule has 1 aromatic carbocycles. The number of aromatic nitrogens is 2. The van der Waals surface area contributed by atoms with Crippen molar-refractivity contribution in [1.29, 1.82) is 0 Å². The molecule has 26 heavy (non-hydrogen) atoms. The van der Waals surface area contributed by atoms with Crippen LogP contribution in [-0.2, 0) is 21.4 Å². The number of hydrogen-bond donors (Lipinski definition) is 1. The molecule has 1 aromatic heterocycles. The van der Waals surface area contributed by atoms with Crippen molar-refractivity contribution in [2.45, 2.75) is 31.3 Å². The third-order valence-corrected chi connectivity index (χ3v) is 6.22. The Morgan fingerprint density at radius 3 is 2.85 bits per heavy atom. The molecule has 0 radical (unpaired) electrons. The van der Waals surface area contributed by atoms with Gasteiger partial charge in [-0.05, 0) is 31.9 Å². The van der Waals surface area contributed by atoms with Crippen molar-refractivity contribution in [3.63, 3.8) is 0 Å². The first kappa shape index (κ1) is 18.5. The van der Waals surface area contributed by atoms with Gasteiger partial charge in [0.25, 0.3) is 10.0 Å². The molecule has 2 heterocycles. The molecule has 0 bridgehead atoms.